The highest BCUT2D eigenvalue weighted by atomic mass is 35.5. The quantitative estimate of drug-likeness (QED) is 0.217. The van der Waals surface area contributed by atoms with E-state index < -0.39 is 0 Å². The molecular formula is C25H44ClN. The third-order valence-corrected chi connectivity index (χ3v) is 5.53. The summed E-state index contributed by atoms with van der Waals surface area (Å²) in [6.07, 6.45) is 20.2. The van der Waals surface area contributed by atoms with Crippen LogP contribution in [0.5, 0.6) is 0 Å². The second-order valence-corrected chi connectivity index (χ2v) is 8.42. The first-order chi connectivity index (χ1) is 12.6. The lowest BCUT2D eigenvalue weighted by atomic mass is 10.0. The van der Waals surface area contributed by atoms with Gasteiger partial charge in [0.2, 0.25) is 0 Å². The van der Waals surface area contributed by atoms with E-state index in [-0.39, 0.29) is 12.4 Å². The number of aryl methyl sites for hydroxylation is 1. The van der Waals surface area contributed by atoms with Crippen molar-refractivity contribution in [3.05, 3.63) is 42.5 Å². The minimum atomic E-state index is 0. The van der Waals surface area contributed by atoms with Gasteiger partial charge in [-0.05, 0) is 25.0 Å². The fraction of sp³-hybridized carbons (Fsp3) is 0.680. The van der Waals surface area contributed by atoms with Crippen LogP contribution in [-0.4, -0.2) is 20.6 Å². The lowest BCUT2D eigenvalue weighted by Gasteiger charge is -2.30. The molecule has 156 valence electrons. The van der Waals surface area contributed by atoms with Gasteiger partial charge in [-0.25, -0.2) is 0 Å². The molecule has 0 atom stereocenters. The van der Waals surface area contributed by atoms with E-state index in [9.17, 15) is 0 Å². The van der Waals surface area contributed by atoms with Crippen LogP contribution in [-0.2, 0) is 6.42 Å². The molecule has 0 radical (unpaired) electrons. The Bertz CT molecular complexity index is 481. The number of para-hydroxylation sites is 1. The first kappa shape index (κ1) is 26.2. The van der Waals surface area contributed by atoms with Gasteiger partial charge in [-0.2, -0.15) is 0 Å². The van der Waals surface area contributed by atoms with Crippen LogP contribution in [0.25, 0.3) is 0 Å². The predicted octanol–water partition coefficient (Wildman–Crippen LogP) is 4.69. The lowest BCUT2D eigenvalue weighted by molar-refractivity contribution is -0.00000581. The van der Waals surface area contributed by atoms with Crippen molar-refractivity contribution in [1.82, 2.24) is 4.48 Å². The maximum absolute atomic E-state index is 3.92. The van der Waals surface area contributed by atoms with Crippen LogP contribution in [0.15, 0.2) is 36.9 Å². The van der Waals surface area contributed by atoms with Crippen LogP contribution in [0.2, 0.25) is 0 Å². The summed E-state index contributed by atoms with van der Waals surface area (Å²) in [5, 5.41) is 0. The van der Waals surface area contributed by atoms with Crippen LogP contribution >= 0.6 is 0 Å². The van der Waals surface area contributed by atoms with Crippen LogP contribution in [0.1, 0.15) is 89.5 Å². The Morgan fingerprint density at radius 2 is 1.26 bits per heavy atom. The monoisotopic (exact) mass is 393 g/mol. The average Bonchev–Trinajstić information content (AvgIpc) is 2.63. The van der Waals surface area contributed by atoms with Gasteiger partial charge in [0.1, 0.15) is 12.2 Å². The molecule has 2 heteroatoms. The summed E-state index contributed by atoms with van der Waals surface area (Å²) in [7, 11) is 4.56. The Balaban J connectivity index is 0.00000676. The molecule has 0 aliphatic heterocycles. The zero-order chi connectivity index (χ0) is 19.1. The number of hydrogen-bond acceptors (Lipinski definition) is 0. The summed E-state index contributed by atoms with van der Waals surface area (Å²) in [5.74, 6) is 0. The van der Waals surface area contributed by atoms with E-state index in [1.807, 2.05) is 6.08 Å². The van der Waals surface area contributed by atoms with E-state index in [0.717, 1.165) is 11.0 Å². The highest BCUT2D eigenvalue weighted by Crippen LogP contribution is 2.26. The molecule has 0 unspecified atom stereocenters. The third-order valence-electron chi connectivity index (χ3n) is 5.53. The number of benzene rings is 1. The van der Waals surface area contributed by atoms with Gasteiger partial charge in [0.05, 0.1) is 14.1 Å². The van der Waals surface area contributed by atoms with E-state index in [1.165, 1.54) is 94.7 Å². The third kappa shape index (κ3) is 11.6. The molecule has 0 aliphatic rings. The molecule has 0 heterocycles. The van der Waals surface area contributed by atoms with Crippen molar-refractivity contribution < 1.29 is 12.4 Å². The van der Waals surface area contributed by atoms with Crippen molar-refractivity contribution in [3.63, 3.8) is 0 Å². The summed E-state index contributed by atoms with van der Waals surface area (Å²) in [6, 6.07) is 8.97. The van der Waals surface area contributed by atoms with Gasteiger partial charge in [0.15, 0.2) is 0 Å². The number of likely N-dealkylation sites (N-methyl/N-ethyl adjacent to an activating group) is 1. The van der Waals surface area contributed by atoms with Crippen molar-refractivity contribution >= 4 is 5.69 Å². The van der Waals surface area contributed by atoms with Crippen molar-refractivity contribution in [2.24, 2.45) is 0 Å². The van der Waals surface area contributed by atoms with E-state index >= 15 is 0 Å². The normalized spacial score (nSPS) is 11.2. The molecule has 0 aliphatic carbocycles. The van der Waals surface area contributed by atoms with Crippen molar-refractivity contribution in [3.8, 4) is 0 Å². The van der Waals surface area contributed by atoms with E-state index in [1.54, 1.807) is 0 Å². The molecule has 1 aromatic carbocycles. The maximum Gasteiger partial charge on any atom is 0.135 e. The molecule has 1 nitrogen and oxygen atoms in total. The Morgan fingerprint density at radius 1 is 0.778 bits per heavy atom. The molecule has 0 aromatic heterocycles. The van der Waals surface area contributed by atoms with Crippen LogP contribution in [0.4, 0.5) is 5.69 Å². The molecule has 0 fully saturated rings. The van der Waals surface area contributed by atoms with E-state index in [0.29, 0.717) is 0 Å². The first-order valence-electron chi connectivity index (χ1n) is 11.1. The summed E-state index contributed by atoms with van der Waals surface area (Å²) in [4.78, 5) is 0. The van der Waals surface area contributed by atoms with Crippen molar-refractivity contribution in [1.29, 1.82) is 0 Å². The van der Waals surface area contributed by atoms with Gasteiger partial charge in [0, 0.05) is 5.56 Å². The highest BCUT2D eigenvalue weighted by Gasteiger charge is 2.20. The Hall–Kier alpha value is -0.790. The van der Waals surface area contributed by atoms with Gasteiger partial charge in [-0.15, -0.1) is 0 Å². The number of unbranched alkanes of at least 4 members (excludes halogenated alkanes) is 11. The van der Waals surface area contributed by atoms with E-state index in [4.69, 9.17) is 0 Å². The molecule has 0 saturated carbocycles. The molecule has 0 bridgehead atoms. The molecule has 1 aromatic rings. The van der Waals surface area contributed by atoms with E-state index in [2.05, 4.69) is 51.9 Å². The molecule has 1 rings (SSSR count). The average molecular weight is 394 g/mol. The smallest absolute Gasteiger partial charge is 0.135 e. The lowest BCUT2D eigenvalue weighted by Crippen LogP contribution is -3.00. The zero-order valence-electron chi connectivity index (χ0n) is 18.3. The Morgan fingerprint density at radius 3 is 1.78 bits per heavy atom. The number of quaternary nitrogens is 1. The van der Waals surface area contributed by atoms with Crippen LogP contribution < -0.4 is 16.9 Å². The molecule has 0 saturated heterocycles. The number of hydrogen-bond donors (Lipinski definition) is 0. The molecular weight excluding hydrogens is 350 g/mol. The Labute approximate surface area is 176 Å². The number of rotatable bonds is 16. The number of nitrogens with zero attached hydrogens (tertiary/aromatic N) is 1. The molecule has 27 heavy (non-hydrogen) atoms. The van der Waals surface area contributed by atoms with Crippen LogP contribution in [0.3, 0.4) is 0 Å². The maximum atomic E-state index is 3.92. The largest absolute Gasteiger partial charge is 1.00 e. The van der Waals surface area contributed by atoms with Crippen molar-refractivity contribution in [2.75, 3.05) is 20.6 Å². The minimum absolute atomic E-state index is 0. The summed E-state index contributed by atoms with van der Waals surface area (Å²) < 4.78 is 0.901. The minimum Gasteiger partial charge on any atom is -1.00 e. The van der Waals surface area contributed by atoms with Gasteiger partial charge in [0.25, 0.3) is 0 Å². The van der Waals surface area contributed by atoms with Gasteiger partial charge in [-0.3, -0.25) is 4.48 Å². The summed E-state index contributed by atoms with van der Waals surface area (Å²) >= 11 is 0. The Kier molecular flexibility index (Phi) is 15.7. The highest BCUT2D eigenvalue weighted by molar-refractivity contribution is 5.50. The SMILES string of the molecule is C=CC[N+](C)(C)c1ccccc1CCCCCCCCCCCCCC.[Cl-]. The fourth-order valence-corrected chi connectivity index (χ4v) is 3.89. The summed E-state index contributed by atoms with van der Waals surface area (Å²) in [5.41, 5.74) is 2.97. The topological polar surface area (TPSA) is 0 Å². The fourth-order valence-electron chi connectivity index (χ4n) is 3.89. The van der Waals surface area contributed by atoms with Gasteiger partial charge in [-0.1, -0.05) is 102 Å². The zero-order valence-corrected chi connectivity index (χ0v) is 19.1. The standard InChI is InChI=1S/C25H44N.ClH/c1-5-7-8-9-10-11-12-13-14-15-16-17-20-24-21-18-19-22-25(24)26(3,4)23-6-2;/h6,18-19,21-22H,2,5,7-17,20,23H2,1,3-4H3;1H/q+1;/p-1. The molecule has 0 spiro atoms. The molecule has 0 amide bonds. The second-order valence-electron chi connectivity index (χ2n) is 8.42. The summed E-state index contributed by atoms with van der Waals surface area (Å²) in [6.45, 7) is 7.19. The number of halogens is 1. The second kappa shape index (κ2) is 16.2. The predicted molar refractivity (Wildman–Crippen MR) is 120 cm³/mol. The van der Waals surface area contributed by atoms with Gasteiger partial charge >= 0.3 is 0 Å². The first-order valence-corrected chi connectivity index (χ1v) is 11.1. The van der Waals surface area contributed by atoms with Crippen LogP contribution in [0, 0.1) is 0 Å². The molecule has 0 N–H and O–H groups in total. The van der Waals surface area contributed by atoms with Gasteiger partial charge < -0.3 is 12.4 Å². The van der Waals surface area contributed by atoms with Crippen molar-refractivity contribution in [2.45, 2.75) is 90.4 Å².